The fourth-order valence-electron chi connectivity index (χ4n) is 1.94. The Hall–Kier alpha value is -1.06. The Labute approximate surface area is 111 Å². The molecule has 2 N–H and O–H groups in total. The van der Waals surface area contributed by atoms with E-state index >= 15 is 0 Å². The highest BCUT2D eigenvalue weighted by Gasteiger charge is 2.26. The van der Waals surface area contributed by atoms with Crippen LogP contribution >= 0.6 is 0 Å². The van der Waals surface area contributed by atoms with Crippen molar-refractivity contribution in [1.29, 1.82) is 0 Å². The molecule has 0 radical (unpaired) electrons. The van der Waals surface area contributed by atoms with Crippen molar-refractivity contribution in [3.8, 4) is 0 Å². The number of rotatable bonds is 5. The smallest absolute Gasteiger partial charge is 0.0790 e. The van der Waals surface area contributed by atoms with Crippen molar-refractivity contribution in [1.82, 2.24) is 0 Å². The molecule has 1 atom stereocenters. The lowest BCUT2D eigenvalue weighted by molar-refractivity contribution is 0.00280. The molecule has 102 valence electrons. The monoisotopic (exact) mass is 250 g/mol. The molecule has 0 aromatic heterocycles. The third-order valence-corrected chi connectivity index (χ3v) is 3.54. The maximum absolute atomic E-state index is 6.21. The first kappa shape index (κ1) is 15.0. The zero-order chi connectivity index (χ0) is 13.9. The second-order valence-corrected chi connectivity index (χ2v) is 5.64. The van der Waals surface area contributed by atoms with E-state index in [9.17, 15) is 0 Å². The van der Waals surface area contributed by atoms with Crippen LogP contribution in [0.1, 0.15) is 25.0 Å². The SMILES string of the molecule is COC(C)(C)C(N)CN(C)c1cc(C)cc(C)c1. The summed E-state index contributed by atoms with van der Waals surface area (Å²) in [7, 11) is 3.77. The number of hydrogen-bond donors (Lipinski definition) is 1. The van der Waals surface area contributed by atoms with Crippen LogP contribution < -0.4 is 10.6 Å². The van der Waals surface area contributed by atoms with Gasteiger partial charge in [-0.25, -0.2) is 0 Å². The van der Waals surface area contributed by atoms with Gasteiger partial charge in [0.15, 0.2) is 0 Å². The number of nitrogens with zero attached hydrogens (tertiary/aromatic N) is 1. The Morgan fingerprint density at radius 3 is 2.17 bits per heavy atom. The highest BCUT2D eigenvalue weighted by Crippen LogP contribution is 2.20. The van der Waals surface area contributed by atoms with E-state index in [0.717, 1.165) is 6.54 Å². The summed E-state index contributed by atoms with van der Waals surface area (Å²) in [5.41, 5.74) is 9.65. The number of benzene rings is 1. The van der Waals surface area contributed by atoms with Gasteiger partial charge < -0.3 is 15.4 Å². The zero-order valence-corrected chi connectivity index (χ0v) is 12.4. The highest BCUT2D eigenvalue weighted by molar-refractivity contribution is 5.50. The van der Waals surface area contributed by atoms with Gasteiger partial charge in [-0.2, -0.15) is 0 Å². The van der Waals surface area contributed by atoms with Crippen LogP contribution in [0.15, 0.2) is 18.2 Å². The molecule has 0 bridgehead atoms. The predicted molar refractivity (Wildman–Crippen MR) is 78.2 cm³/mol. The van der Waals surface area contributed by atoms with Crippen LogP contribution in [-0.2, 0) is 4.74 Å². The molecule has 0 aliphatic carbocycles. The average molecular weight is 250 g/mol. The van der Waals surface area contributed by atoms with E-state index in [1.165, 1.54) is 16.8 Å². The third kappa shape index (κ3) is 3.72. The van der Waals surface area contributed by atoms with Gasteiger partial charge >= 0.3 is 0 Å². The molecule has 1 rings (SSSR count). The van der Waals surface area contributed by atoms with E-state index < -0.39 is 0 Å². The van der Waals surface area contributed by atoms with Crippen molar-refractivity contribution in [2.45, 2.75) is 39.3 Å². The van der Waals surface area contributed by atoms with Crippen molar-refractivity contribution in [2.75, 3.05) is 25.6 Å². The molecule has 0 aliphatic rings. The van der Waals surface area contributed by atoms with E-state index in [-0.39, 0.29) is 11.6 Å². The van der Waals surface area contributed by atoms with Gasteiger partial charge in [0, 0.05) is 26.4 Å². The van der Waals surface area contributed by atoms with Crippen LogP contribution in [-0.4, -0.2) is 32.3 Å². The molecule has 0 fully saturated rings. The van der Waals surface area contributed by atoms with E-state index in [0.29, 0.717) is 0 Å². The number of aryl methyl sites for hydroxylation is 2. The van der Waals surface area contributed by atoms with Gasteiger partial charge in [-0.1, -0.05) is 6.07 Å². The minimum atomic E-state index is -0.312. The van der Waals surface area contributed by atoms with Crippen molar-refractivity contribution in [3.05, 3.63) is 29.3 Å². The zero-order valence-electron chi connectivity index (χ0n) is 12.4. The van der Waals surface area contributed by atoms with Gasteiger partial charge in [0.2, 0.25) is 0 Å². The average Bonchev–Trinajstić information content (AvgIpc) is 2.27. The Bertz CT molecular complexity index is 381. The normalized spacial score (nSPS) is 13.5. The fourth-order valence-corrected chi connectivity index (χ4v) is 1.94. The molecule has 18 heavy (non-hydrogen) atoms. The molecule has 1 aromatic rings. The minimum Gasteiger partial charge on any atom is -0.377 e. The van der Waals surface area contributed by atoms with Gasteiger partial charge in [-0.05, 0) is 51.0 Å². The molecule has 1 aromatic carbocycles. The Kier molecular flexibility index (Phi) is 4.77. The summed E-state index contributed by atoms with van der Waals surface area (Å²) in [5.74, 6) is 0. The van der Waals surface area contributed by atoms with Gasteiger partial charge in [0.05, 0.1) is 11.6 Å². The molecule has 0 heterocycles. The van der Waals surface area contributed by atoms with E-state index in [2.05, 4.69) is 44.0 Å². The number of ether oxygens (including phenoxy) is 1. The summed E-state index contributed by atoms with van der Waals surface area (Å²) in [4.78, 5) is 2.19. The van der Waals surface area contributed by atoms with E-state index in [4.69, 9.17) is 10.5 Å². The second-order valence-electron chi connectivity index (χ2n) is 5.64. The second kappa shape index (κ2) is 5.72. The van der Waals surface area contributed by atoms with Gasteiger partial charge in [0.1, 0.15) is 0 Å². The lowest BCUT2D eigenvalue weighted by Crippen LogP contribution is -2.51. The maximum Gasteiger partial charge on any atom is 0.0790 e. The Balaban J connectivity index is 2.79. The number of likely N-dealkylation sites (N-methyl/N-ethyl adjacent to an activating group) is 1. The molecular formula is C15H26N2O. The number of anilines is 1. The molecule has 0 saturated carbocycles. The number of nitrogens with two attached hydrogens (primary N) is 1. The standard InChI is InChI=1S/C15H26N2O/c1-11-7-12(2)9-13(8-11)17(5)10-14(16)15(3,4)18-6/h7-9,14H,10,16H2,1-6H3. The first-order chi connectivity index (χ1) is 8.26. The first-order valence-corrected chi connectivity index (χ1v) is 6.36. The lowest BCUT2D eigenvalue weighted by Gasteiger charge is -2.34. The van der Waals surface area contributed by atoms with Crippen LogP contribution in [0, 0.1) is 13.8 Å². The quantitative estimate of drug-likeness (QED) is 0.872. The van der Waals surface area contributed by atoms with Crippen LogP contribution in [0.25, 0.3) is 0 Å². The molecule has 1 unspecified atom stereocenters. The van der Waals surface area contributed by atoms with Crippen molar-refractivity contribution < 1.29 is 4.74 Å². The molecular weight excluding hydrogens is 224 g/mol. The summed E-state index contributed by atoms with van der Waals surface area (Å²) in [6.07, 6.45) is 0. The number of methoxy groups -OCH3 is 1. The molecule has 0 spiro atoms. The van der Waals surface area contributed by atoms with Gasteiger partial charge in [0.25, 0.3) is 0 Å². The highest BCUT2D eigenvalue weighted by atomic mass is 16.5. The topological polar surface area (TPSA) is 38.5 Å². The summed E-state index contributed by atoms with van der Waals surface area (Å²) in [5, 5.41) is 0. The molecule has 0 saturated heterocycles. The molecule has 0 amide bonds. The minimum absolute atomic E-state index is 0.0340. The summed E-state index contributed by atoms with van der Waals surface area (Å²) >= 11 is 0. The van der Waals surface area contributed by atoms with Crippen LogP contribution in [0.5, 0.6) is 0 Å². The lowest BCUT2D eigenvalue weighted by atomic mass is 9.99. The predicted octanol–water partition coefficient (Wildman–Crippen LogP) is 2.49. The van der Waals surface area contributed by atoms with Crippen molar-refractivity contribution >= 4 is 5.69 Å². The number of hydrogen-bond acceptors (Lipinski definition) is 3. The van der Waals surface area contributed by atoms with Crippen LogP contribution in [0.4, 0.5) is 5.69 Å². The van der Waals surface area contributed by atoms with Gasteiger partial charge in [-0.3, -0.25) is 0 Å². The molecule has 3 heteroatoms. The summed E-state index contributed by atoms with van der Waals surface area (Å²) in [6.45, 7) is 9.04. The largest absolute Gasteiger partial charge is 0.377 e. The summed E-state index contributed by atoms with van der Waals surface area (Å²) < 4.78 is 5.43. The van der Waals surface area contributed by atoms with E-state index in [1.54, 1.807) is 7.11 Å². The van der Waals surface area contributed by atoms with Crippen LogP contribution in [0.3, 0.4) is 0 Å². The van der Waals surface area contributed by atoms with Crippen molar-refractivity contribution in [2.24, 2.45) is 5.73 Å². The Morgan fingerprint density at radius 2 is 1.72 bits per heavy atom. The van der Waals surface area contributed by atoms with Gasteiger partial charge in [-0.15, -0.1) is 0 Å². The molecule has 3 nitrogen and oxygen atoms in total. The summed E-state index contributed by atoms with van der Waals surface area (Å²) in [6, 6.07) is 6.50. The van der Waals surface area contributed by atoms with Crippen LogP contribution in [0.2, 0.25) is 0 Å². The van der Waals surface area contributed by atoms with Crippen molar-refractivity contribution in [3.63, 3.8) is 0 Å². The van der Waals surface area contributed by atoms with E-state index in [1.807, 2.05) is 13.8 Å². The maximum atomic E-state index is 6.21. The Morgan fingerprint density at radius 1 is 1.22 bits per heavy atom. The first-order valence-electron chi connectivity index (χ1n) is 6.36. The third-order valence-electron chi connectivity index (χ3n) is 3.54. The fraction of sp³-hybridized carbons (Fsp3) is 0.600. The molecule has 0 aliphatic heterocycles.